The molecule has 5 aliphatic rings. The van der Waals surface area contributed by atoms with Crippen LogP contribution in [0.3, 0.4) is 0 Å². The van der Waals surface area contributed by atoms with Crippen molar-refractivity contribution in [2.75, 3.05) is 26.6 Å². The Kier molecular flexibility index (Phi) is 33.1. The van der Waals surface area contributed by atoms with Gasteiger partial charge in [0.25, 0.3) is 31.5 Å². The molecule has 0 amide bonds. The summed E-state index contributed by atoms with van der Waals surface area (Å²) in [7, 11) is 0. The van der Waals surface area contributed by atoms with Crippen molar-refractivity contribution in [3.8, 4) is 11.5 Å². The third kappa shape index (κ3) is 25.8. The van der Waals surface area contributed by atoms with E-state index in [1.165, 1.54) is 78.9 Å². The molecule has 5 heterocycles. The van der Waals surface area contributed by atoms with Crippen LogP contribution < -0.4 is 31.3 Å². The summed E-state index contributed by atoms with van der Waals surface area (Å²) in [5.74, 6) is -10.6. The molecule has 0 spiro atoms. The fourth-order valence-electron chi connectivity index (χ4n) is 12.4. The molecular formula is C98H70Cl5N5O29. The van der Waals surface area contributed by atoms with Gasteiger partial charge in [0, 0.05) is 22.7 Å². The second-order valence-corrected chi connectivity index (χ2v) is 30.5. The van der Waals surface area contributed by atoms with Gasteiger partial charge in [0.15, 0.2) is 25.2 Å². The van der Waals surface area contributed by atoms with Crippen molar-refractivity contribution in [3.05, 3.63) is 406 Å². The zero-order valence-corrected chi connectivity index (χ0v) is 74.7. The number of hydrogen-bond acceptors (Lipinski definition) is 30. The molecule has 696 valence electrons. The number of cyclic esters (lactones) is 5. The summed E-state index contributed by atoms with van der Waals surface area (Å²) in [6.45, 7) is 5.24. The molecule has 0 saturated carbocycles. The minimum atomic E-state index is -1.42. The normalized spacial score (nSPS) is 16.0. The summed E-state index contributed by atoms with van der Waals surface area (Å²) in [6.07, 6.45) is -6.72. The molecule has 5 unspecified atom stereocenters. The van der Waals surface area contributed by atoms with Crippen molar-refractivity contribution in [2.24, 2.45) is 0 Å². The highest BCUT2D eigenvalue weighted by atomic mass is 35.5. The highest BCUT2D eigenvalue weighted by Gasteiger charge is 2.43. The maximum absolute atomic E-state index is 12.4. The van der Waals surface area contributed by atoms with Crippen LogP contribution in [-0.4, -0.2) is 135 Å². The van der Waals surface area contributed by atoms with Gasteiger partial charge in [-0.05, 0) is 195 Å². The molecule has 5 aliphatic heterocycles. The lowest BCUT2D eigenvalue weighted by molar-refractivity contribution is -0.153. The predicted octanol–water partition coefficient (Wildman–Crippen LogP) is 18.0. The summed E-state index contributed by atoms with van der Waals surface area (Å²) >= 11 is 29.9. The number of aromatic carboxylic acids is 4. The SMILES string of the molecule is Cc1ccccc1C(=O)OC1OC(=O)C(Cl)=C1Nc1ccc(C(=O)O)cc1.Cc1ccccc1C(=O)OC1OC(=O)C(Cl)=C1Nc1cccc(C(=O)O)c1.Cc1ccccc1C(=O)OC1OC(=O)C(Cl)=C1Nc1ccccc1C(=O)O.O=C1OC(OC(=O)c2ccccc2)C(Nc2ccc(C(=O)O)cc2)=C1Cl.O=C1OC(OC(=O)c2ccccc2)C(Nc2ccc(Oc3ccccc3)cc2)=C1Cl. The minimum absolute atomic E-state index is 0.0196. The van der Waals surface area contributed by atoms with E-state index in [1.54, 1.807) is 197 Å². The second-order valence-electron chi connectivity index (χ2n) is 28.6. The van der Waals surface area contributed by atoms with E-state index in [4.69, 9.17) is 125 Å². The maximum Gasteiger partial charge on any atom is 0.355 e. The summed E-state index contributed by atoms with van der Waals surface area (Å²) in [5, 5.41) is 49.1. The standard InChI is InChI=1S/C23H16ClNO5.3C19H14ClNO6.C18H12ClNO6/c24-19-20(23(30-22(19)27)29-21(26)15-7-3-1-4-8-15)25-16-11-13-18(14-12-16)28-17-9-5-2-6-10-17;1-10-6-2-3-7-11(10)17(24)26-19-15(14(20)18(25)27-19)21-13-9-5-4-8-12(13)16(22)23;1-10-5-2-3-8-13(10)17(24)26-19-15(14(20)18(25)27-19)21-12-7-4-6-11(9-12)16(22)23;1-10-4-2-3-5-13(10)17(24)26-19-15(14(20)18(25)27-19)21-12-8-6-11(7-9-12)16(22)23;19-13-14(20-12-8-6-10(7-9-12)15(21)22)18(26-17(13)24)25-16(23)11-4-2-1-3-5-11/h1-14,23,25H;3*2-9,19,21H,1H3,(H,22,23);1-9,18,20H,(H,21,22). The van der Waals surface area contributed by atoms with Crippen LogP contribution in [0.25, 0.3) is 0 Å². The van der Waals surface area contributed by atoms with Crippen LogP contribution in [-0.2, 0) is 71.3 Å². The lowest BCUT2D eigenvalue weighted by atomic mass is 10.1. The molecule has 0 saturated heterocycles. The topological polar surface area (TPSA) is 482 Å². The molecule has 0 bridgehead atoms. The molecule has 9 N–H and O–H groups in total. The first kappa shape index (κ1) is 99.0. The molecule has 0 aromatic heterocycles. The van der Waals surface area contributed by atoms with Crippen LogP contribution in [0.4, 0.5) is 28.4 Å². The third-order valence-electron chi connectivity index (χ3n) is 19.3. The van der Waals surface area contributed by atoms with E-state index in [0.717, 1.165) is 0 Å². The van der Waals surface area contributed by atoms with Crippen molar-refractivity contribution in [1.82, 2.24) is 0 Å². The van der Waals surface area contributed by atoms with Crippen LogP contribution in [0.1, 0.15) is 110 Å². The van der Waals surface area contributed by atoms with E-state index in [-0.39, 0.29) is 87.2 Å². The Hall–Kier alpha value is -17.1. The van der Waals surface area contributed by atoms with Crippen LogP contribution >= 0.6 is 58.0 Å². The number of carboxylic acid groups (broad SMARTS) is 4. The highest BCUT2D eigenvalue weighted by Crippen LogP contribution is 2.37. The smallest absolute Gasteiger partial charge is 0.355 e. The summed E-state index contributed by atoms with van der Waals surface area (Å²) in [6, 6.07) is 76.7. The third-order valence-corrected chi connectivity index (χ3v) is 21.1. The average molecular weight is 1960 g/mol. The molecule has 11 aromatic rings. The fourth-order valence-corrected chi connectivity index (χ4v) is 13.3. The van der Waals surface area contributed by atoms with Crippen molar-refractivity contribution in [1.29, 1.82) is 0 Å². The average Bonchev–Trinajstić information content (AvgIpc) is 1.72. The zero-order chi connectivity index (χ0) is 98.3. The van der Waals surface area contributed by atoms with Crippen molar-refractivity contribution in [3.63, 3.8) is 0 Å². The van der Waals surface area contributed by atoms with E-state index in [1.807, 2.05) is 30.3 Å². The van der Waals surface area contributed by atoms with Gasteiger partial charge in [-0.2, -0.15) is 0 Å². The Balaban J connectivity index is 0.000000154. The zero-order valence-electron chi connectivity index (χ0n) is 70.9. The second kappa shape index (κ2) is 45.9. The van der Waals surface area contributed by atoms with E-state index < -0.39 is 115 Å². The van der Waals surface area contributed by atoms with Gasteiger partial charge in [0.1, 0.15) is 40.0 Å². The molecule has 137 heavy (non-hydrogen) atoms. The van der Waals surface area contributed by atoms with Crippen molar-refractivity contribution < 1.29 is 140 Å². The molecule has 39 heteroatoms. The first-order chi connectivity index (χ1) is 65.7. The molecule has 11 aromatic carbocycles. The maximum atomic E-state index is 12.4. The fraction of sp³-hybridized carbons (Fsp3) is 0.0816. The van der Waals surface area contributed by atoms with E-state index in [0.29, 0.717) is 73.2 Å². The Morgan fingerprint density at radius 2 is 0.518 bits per heavy atom. The van der Waals surface area contributed by atoms with Crippen LogP contribution in [0.5, 0.6) is 11.5 Å². The van der Waals surface area contributed by atoms with Crippen LogP contribution in [0.15, 0.2) is 339 Å². The molecule has 16 rings (SSSR count). The number of esters is 10. The number of aryl methyl sites for hydroxylation is 3. The number of rotatable bonds is 26. The molecule has 5 atom stereocenters. The Morgan fingerprint density at radius 3 is 0.839 bits per heavy atom. The number of halogens is 5. The van der Waals surface area contributed by atoms with Crippen molar-refractivity contribution >= 4 is 170 Å². The van der Waals surface area contributed by atoms with Gasteiger partial charge in [-0.3, -0.25) is 0 Å². The van der Waals surface area contributed by atoms with E-state index in [9.17, 15) is 72.2 Å². The first-order valence-electron chi connectivity index (χ1n) is 40.0. The lowest BCUT2D eigenvalue weighted by Gasteiger charge is -2.17. The molecule has 0 radical (unpaired) electrons. The quantitative estimate of drug-likeness (QED) is 0.0180. The lowest BCUT2D eigenvalue weighted by Crippen LogP contribution is -2.25. The Bertz CT molecular complexity index is 6720. The number of carbonyl (C=O) groups is 14. The minimum Gasteiger partial charge on any atom is -0.478 e. The van der Waals surface area contributed by atoms with E-state index in [2.05, 4.69) is 26.6 Å². The number of anilines is 5. The van der Waals surface area contributed by atoms with Gasteiger partial charge < -0.3 is 99.1 Å². The monoisotopic (exact) mass is 1960 g/mol. The number of hydrogen-bond donors (Lipinski definition) is 9. The number of carbonyl (C=O) groups excluding carboxylic acids is 10. The molecule has 34 nitrogen and oxygen atoms in total. The summed E-state index contributed by atoms with van der Waals surface area (Å²) in [4.78, 5) is 165. The van der Waals surface area contributed by atoms with Gasteiger partial charge in [0.05, 0.1) is 55.8 Å². The van der Waals surface area contributed by atoms with Gasteiger partial charge >= 0.3 is 83.6 Å². The van der Waals surface area contributed by atoms with Gasteiger partial charge in [-0.15, -0.1) is 0 Å². The Labute approximate surface area is 800 Å². The van der Waals surface area contributed by atoms with E-state index >= 15 is 0 Å². The van der Waals surface area contributed by atoms with Crippen molar-refractivity contribution in [2.45, 2.75) is 52.2 Å². The predicted molar refractivity (Wildman–Crippen MR) is 492 cm³/mol. The molecular weight excluding hydrogens is 1890 g/mol. The van der Waals surface area contributed by atoms with Gasteiger partial charge in [0.2, 0.25) is 0 Å². The summed E-state index contributed by atoms with van der Waals surface area (Å²) in [5.41, 5.74) is 6.15. The summed E-state index contributed by atoms with van der Waals surface area (Å²) < 4.78 is 57.1. The van der Waals surface area contributed by atoms with Gasteiger partial charge in [-0.25, -0.2) is 67.1 Å². The van der Waals surface area contributed by atoms with Gasteiger partial charge in [-0.1, -0.05) is 185 Å². The highest BCUT2D eigenvalue weighted by molar-refractivity contribution is 6.44. The molecule has 0 fully saturated rings. The first-order valence-corrected chi connectivity index (χ1v) is 41.9. The largest absolute Gasteiger partial charge is 0.478 e. The number of nitrogens with one attached hydrogen (secondary N) is 5. The number of para-hydroxylation sites is 2. The number of benzene rings is 11. The number of carboxylic acids is 4. The van der Waals surface area contributed by atoms with Crippen LogP contribution in [0.2, 0.25) is 0 Å². The van der Waals surface area contributed by atoms with Crippen LogP contribution in [0, 0.1) is 20.8 Å². The molecule has 0 aliphatic carbocycles. The number of ether oxygens (including phenoxy) is 11. The Morgan fingerprint density at radius 1 is 0.255 bits per heavy atom.